The summed E-state index contributed by atoms with van der Waals surface area (Å²) in [5.74, 6) is -1.40. The van der Waals surface area contributed by atoms with Gasteiger partial charge in [0, 0.05) is 36.2 Å². The summed E-state index contributed by atoms with van der Waals surface area (Å²) in [6, 6.07) is 14.2. The predicted octanol–water partition coefficient (Wildman–Crippen LogP) is 6.03. The minimum absolute atomic E-state index is 0.0622. The molecule has 1 aromatic heterocycles. The second-order valence-corrected chi connectivity index (χ2v) is 9.39. The lowest BCUT2D eigenvalue weighted by Crippen LogP contribution is -2.32. The van der Waals surface area contributed by atoms with Gasteiger partial charge in [0.15, 0.2) is 11.5 Å². The third kappa shape index (κ3) is 4.42. The lowest BCUT2D eigenvalue weighted by molar-refractivity contribution is -0.129. The largest absolute Gasteiger partial charge is 0.503 e. The topological polar surface area (TPSA) is 74.0 Å². The number of benzene rings is 2. The second kappa shape index (κ2) is 9.43. The molecular weight excluding hydrogens is 484 g/mol. The van der Waals surface area contributed by atoms with E-state index in [4.69, 9.17) is 4.42 Å². The van der Waals surface area contributed by atoms with Crippen LogP contribution in [0.4, 0.5) is 5.69 Å². The Morgan fingerprint density at radius 2 is 1.85 bits per heavy atom. The number of hydrogen-bond donors (Lipinski definition) is 1. The van der Waals surface area contributed by atoms with Crippen LogP contribution in [0, 0.1) is 0 Å². The van der Waals surface area contributed by atoms with Crippen molar-refractivity contribution in [3.8, 4) is 0 Å². The first kappa shape index (κ1) is 23.1. The molecule has 0 saturated heterocycles. The summed E-state index contributed by atoms with van der Waals surface area (Å²) in [6.07, 6.45) is 2.75. The van der Waals surface area contributed by atoms with Crippen LogP contribution in [0.5, 0.6) is 0 Å². The van der Waals surface area contributed by atoms with Gasteiger partial charge in [0.2, 0.25) is 5.78 Å². The Morgan fingerprint density at radius 3 is 2.52 bits per heavy atom. The zero-order valence-electron chi connectivity index (χ0n) is 19.0. The average Bonchev–Trinajstić information content (AvgIpc) is 3.33. The molecule has 2 aromatic carbocycles. The van der Waals surface area contributed by atoms with E-state index in [2.05, 4.69) is 22.9 Å². The number of nitrogens with zero attached hydrogens (tertiary/aromatic N) is 2. The van der Waals surface area contributed by atoms with Gasteiger partial charge in [0.25, 0.3) is 5.91 Å². The number of halogens is 1. The third-order valence-corrected chi connectivity index (χ3v) is 6.47. The van der Waals surface area contributed by atoms with Gasteiger partial charge in [0.1, 0.15) is 5.58 Å². The summed E-state index contributed by atoms with van der Waals surface area (Å²) in [4.78, 5) is 30.2. The van der Waals surface area contributed by atoms with E-state index in [1.807, 2.05) is 55.4 Å². The number of amides is 1. The molecule has 172 valence electrons. The molecule has 4 rings (SSSR count). The monoisotopic (exact) mass is 510 g/mol. The summed E-state index contributed by atoms with van der Waals surface area (Å²) in [7, 11) is 3.90. The molecule has 0 aliphatic carbocycles. The van der Waals surface area contributed by atoms with Gasteiger partial charge < -0.3 is 19.3 Å². The Bertz CT molecular complexity index is 1230. The van der Waals surface area contributed by atoms with E-state index < -0.39 is 23.5 Å². The summed E-state index contributed by atoms with van der Waals surface area (Å²) in [6.45, 7) is 2.55. The summed E-state index contributed by atoms with van der Waals surface area (Å²) in [5, 5.41) is 11.6. The van der Waals surface area contributed by atoms with E-state index in [-0.39, 0.29) is 11.3 Å². The van der Waals surface area contributed by atoms with Crippen molar-refractivity contribution < 1.29 is 19.1 Å². The normalized spacial score (nSPS) is 16.2. The number of rotatable bonds is 8. The van der Waals surface area contributed by atoms with Gasteiger partial charge in [0.05, 0.1) is 11.6 Å². The van der Waals surface area contributed by atoms with Crippen LogP contribution in [0.2, 0.25) is 0 Å². The zero-order valence-corrected chi connectivity index (χ0v) is 20.6. The minimum Gasteiger partial charge on any atom is -0.503 e. The molecule has 1 atom stereocenters. The van der Waals surface area contributed by atoms with Crippen molar-refractivity contribution in [1.82, 2.24) is 4.90 Å². The predicted molar refractivity (Wildman–Crippen MR) is 133 cm³/mol. The molecular formula is C26H27BrN2O4. The molecule has 7 heteroatoms. The number of fused-ring (bicyclic) bond motifs is 1. The van der Waals surface area contributed by atoms with E-state index in [0.717, 1.165) is 40.4 Å². The van der Waals surface area contributed by atoms with Crippen LogP contribution < -0.4 is 4.90 Å². The van der Waals surface area contributed by atoms with Crippen LogP contribution >= 0.6 is 15.9 Å². The Hall–Kier alpha value is -3.06. The molecule has 3 aromatic rings. The summed E-state index contributed by atoms with van der Waals surface area (Å²) < 4.78 is 6.67. The van der Waals surface area contributed by atoms with Gasteiger partial charge in [-0.25, -0.2) is 0 Å². The SMILES string of the molecule is CCCCCN1C(=O)C(O)=C(C(=O)c2cc3cc(Br)ccc3o2)C1c1ccc(N(C)C)cc1. The van der Waals surface area contributed by atoms with Crippen LogP contribution in [-0.2, 0) is 4.79 Å². The van der Waals surface area contributed by atoms with Crippen molar-refractivity contribution in [3.05, 3.63) is 75.7 Å². The molecule has 0 bridgehead atoms. The molecule has 1 N–H and O–H groups in total. The fourth-order valence-electron chi connectivity index (χ4n) is 4.21. The molecule has 1 aliphatic rings. The molecule has 6 nitrogen and oxygen atoms in total. The van der Waals surface area contributed by atoms with E-state index >= 15 is 0 Å². The van der Waals surface area contributed by atoms with Crippen molar-refractivity contribution in [2.75, 3.05) is 25.5 Å². The van der Waals surface area contributed by atoms with E-state index in [0.29, 0.717) is 12.1 Å². The zero-order chi connectivity index (χ0) is 23.7. The summed E-state index contributed by atoms with van der Waals surface area (Å²) >= 11 is 3.43. The number of aliphatic hydroxyl groups is 1. The highest BCUT2D eigenvalue weighted by Gasteiger charge is 2.44. The van der Waals surface area contributed by atoms with Gasteiger partial charge in [-0.3, -0.25) is 9.59 Å². The smallest absolute Gasteiger partial charge is 0.290 e. The number of carbonyl (C=O) groups is 2. The van der Waals surface area contributed by atoms with E-state index in [1.165, 1.54) is 0 Å². The Labute approximate surface area is 201 Å². The molecule has 2 heterocycles. The van der Waals surface area contributed by atoms with Crippen LogP contribution in [0.25, 0.3) is 11.0 Å². The number of ketones is 1. The maximum atomic E-state index is 13.6. The van der Waals surface area contributed by atoms with Gasteiger partial charge in [-0.15, -0.1) is 0 Å². The maximum Gasteiger partial charge on any atom is 0.290 e. The standard InChI is InChI=1S/C26H27BrN2O4/c1-4-5-6-13-29-23(16-7-10-19(11-8-16)28(2)3)22(25(31)26(29)32)24(30)21-15-17-14-18(27)9-12-20(17)33-21/h7-12,14-15,23,31H,4-6,13H2,1-3H3. The lowest BCUT2D eigenvalue weighted by atomic mass is 9.94. The first-order chi connectivity index (χ1) is 15.8. The molecule has 0 spiro atoms. The van der Waals surface area contributed by atoms with Crippen molar-refractivity contribution >= 4 is 44.3 Å². The first-order valence-corrected chi connectivity index (χ1v) is 11.9. The maximum absolute atomic E-state index is 13.6. The van der Waals surface area contributed by atoms with E-state index in [9.17, 15) is 14.7 Å². The van der Waals surface area contributed by atoms with Gasteiger partial charge in [-0.05, 0) is 48.4 Å². The first-order valence-electron chi connectivity index (χ1n) is 11.1. The van der Waals surface area contributed by atoms with Gasteiger partial charge >= 0.3 is 0 Å². The summed E-state index contributed by atoms with van der Waals surface area (Å²) in [5.41, 5.74) is 2.41. The second-order valence-electron chi connectivity index (χ2n) is 8.48. The molecule has 33 heavy (non-hydrogen) atoms. The lowest BCUT2D eigenvalue weighted by Gasteiger charge is -2.27. The quantitative estimate of drug-likeness (QED) is 0.295. The van der Waals surface area contributed by atoms with Crippen LogP contribution in [0.1, 0.15) is 48.3 Å². The van der Waals surface area contributed by atoms with E-state index in [1.54, 1.807) is 17.0 Å². The number of Topliss-reactive ketones (excluding diaryl/α,β-unsaturated/α-hetero) is 1. The number of unbranched alkanes of at least 4 members (excludes halogenated alkanes) is 2. The highest BCUT2D eigenvalue weighted by atomic mass is 79.9. The Kier molecular flexibility index (Phi) is 6.61. The molecule has 0 saturated carbocycles. The number of anilines is 1. The minimum atomic E-state index is -0.669. The molecule has 1 amide bonds. The van der Waals surface area contributed by atoms with Crippen LogP contribution in [-0.4, -0.2) is 42.3 Å². The number of furan rings is 1. The highest BCUT2D eigenvalue weighted by Crippen LogP contribution is 2.40. The van der Waals surface area contributed by atoms with Crippen LogP contribution in [0.3, 0.4) is 0 Å². The van der Waals surface area contributed by atoms with Crippen molar-refractivity contribution in [3.63, 3.8) is 0 Å². The third-order valence-electron chi connectivity index (χ3n) is 5.98. The molecule has 0 radical (unpaired) electrons. The average molecular weight is 511 g/mol. The number of hydrogen-bond acceptors (Lipinski definition) is 5. The van der Waals surface area contributed by atoms with Gasteiger partial charge in [-0.2, -0.15) is 0 Å². The number of aliphatic hydroxyl groups excluding tert-OH is 1. The van der Waals surface area contributed by atoms with Gasteiger partial charge in [-0.1, -0.05) is 47.8 Å². The molecule has 1 unspecified atom stereocenters. The molecule has 0 fully saturated rings. The van der Waals surface area contributed by atoms with Crippen LogP contribution in [0.15, 0.2) is 68.8 Å². The fourth-order valence-corrected chi connectivity index (χ4v) is 4.59. The Morgan fingerprint density at radius 1 is 1.12 bits per heavy atom. The fraction of sp³-hybridized carbons (Fsp3) is 0.308. The van der Waals surface area contributed by atoms with Crippen molar-refractivity contribution in [1.29, 1.82) is 0 Å². The highest BCUT2D eigenvalue weighted by molar-refractivity contribution is 9.10. The van der Waals surface area contributed by atoms with Crippen molar-refractivity contribution in [2.45, 2.75) is 32.2 Å². The number of carbonyl (C=O) groups excluding carboxylic acids is 2. The van der Waals surface area contributed by atoms with Crippen molar-refractivity contribution in [2.24, 2.45) is 0 Å². The molecule has 1 aliphatic heterocycles. The Balaban J connectivity index is 1.76.